The van der Waals surface area contributed by atoms with Crippen molar-refractivity contribution in [2.45, 2.75) is 19.6 Å². The zero-order valence-corrected chi connectivity index (χ0v) is 5.23. The summed E-state index contributed by atoms with van der Waals surface area (Å²) in [7, 11) is 0. The molecule has 1 rings (SSSR count). The summed E-state index contributed by atoms with van der Waals surface area (Å²) in [6, 6.07) is 0. The van der Waals surface area contributed by atoms with Crippen molar-refractivity contribution < 1.29 is 9.47 Å². The van der Waals surface area contributed by atoms with Crippen LogP contribution in [0.2, 0.25) is 0 Å². The van der Waals surface area contributed by atoms with Crippen molar-refractivity contribution in [3.05, 3.63) is 12.3 Å². The van der Waals surface area contributed by atoms with E-state index in [4.69, 9.17) is 9.47 Å². The molecule has 0 bridgehead atoms. The van der Waals surface area contributed by atoms with E-state index in [1.807, 2.05) is 13.8 Å². The predicted octanol–water partition coefficient (Wildman–Crippen LogP) is 1.28. The number of ether oxygens (including phenoxy) is 2. The number of rotatable bonds is 0. The van der Waals surface area contributed by atoms with E-state index in [1.54, 1.807) is 0 Å². The topological polar surface area (TPSA) is 18.5 Å². The molecule has 2 nitrogen and oxygen atoms in total. The van der Waals surface area contributed by atoms with E-state index in [0.717, 1.165) is 5.76 Å². The van der Waals surface area contributed by atoms with Gasteiger partial charge in [-0.3, -0.25) is 0 Å². The minimum atomic E-state index is -0.433. The summed E-state index contributed by atoms with van der Waals surface area (Å²) in [5.74, 6) is 0.284. The van der Waals surface area contributed by atoms with Gasteiger partial charge in [-0.25, -0.2) is 0 Å². The smallest absolute Gasteiger partial charge is 0.204 e. The molecular formula is C6H10O2. The molecule has 0 N–H and O–H groups in total. The van der Waals surface area contributed by atoms with Crippen molar-refractivity contribution in [3.8, 4) is 0 Å². The second-order valence-corrected chi connectivity index (χ2v) is 2.33. The van der Waals surface area contributed by atoms with E-state index in [2.05, 4.69) is 6.58 Å². The molecule has 1 saturated heterocycles. The molecular weight excluding hydrogens is 104 g/mol. The van der Waals surface area contributed by atoms with Crippen LogP contribution < -0.4 is 0 Å². The zero-order chi connectivity index (χ0) is 6.20. The fourth-order valence-electron chi connectivity index (χ4n) is 0.661. The molecule has 1 fully saturated rings. The zero-order valence-electron chi connectivity index (χ0n) is 5.23. The van der Waals surface area contributed by atoms with Crippen molar-refractivity contribution in [2.24, 2.45) is 0 Å². The second-order valence-electron chi connectivity index (χ2n) is 2.33. The minimum absolute atomic E-state index is 0.433. The molecule has 8 heavy (non-hydrogen) atoms. The Balaban J connectivity index is 2.56. The first kappa shape index (κ1) is 5.63. The van der Waals surface area contributed by atoms with Crippen molar-refractivity contribution >= 4 is 0 Å². The minimum Gasteiger partial charge on any atom is -0.465 e. The molecule has 0 spiro atoms. The van der Waals surface area contributed by atoms with Gasteiger partial charge in [-0.2, -0.15) is 0 Å². The normalized spacial score (nSPS) is 25.5. The molecule has 0 aromatic rings. The van der Waals surface area contributed by atoms with E-state index < -0.39 is 5.79 Å². The third-order valence-corrected chi connectivity index (χ3v) is 0.971. The summed E-state index contributed by atoms with van der Waals surface area (Å²) in [5.41, 5.74) is 0. The third-order valence-electron chi connectivity index (χ3n) is 0.971. The van der Waals surface area contributed by atoms with Crippen molar-refractivity contribution in [1.29, 1.82) is 0 Å². The Morgan fingerprint density at radius 2 is 2.25 bits per heavy atom. The van der Waals surface area contributed by atoms with E-state index in [-0.39, 0.29) is 0 Å². The molecule has 0 atom stereocenters. The molecule has 0 aromatic heterocycles. The quantitative estimate of drug-likeness (QED) is 0.472. The predicted molar refractivity (Wildman–Crippen MR) is 30.3 cm³/mol. The molecule has 1 heterocycles. The molecule has 0 radical (unpaired) electrons. The lowest BCUT2D eigenvalue weighted by molar-refractivity contribution is -0.116. The first-order valence-corrected chi connectivity index (χ1v) is 2.61. The van der Waals surface area contributed by atoms with Gasteiger partial charge in [-0.1, -0.05) is 6.58 Å². The summed E-state index contributed by atoms with van der Waals surface area (Å²) in [6.07, 6.45) is 0. The highest BCUT2D eigenvalue weighted by atomic mass is 16.7. The number of hydrogen-bond donors (Lipinski definition) is 0. The van der Waals surface area contributed by atoms with Crippen LogP contribution in [-0.2, 0) is 9.47 Å². The lowest BCUT2D eigenvalue weighted by Crippen LogP contribution is -2.18. The van der Waals surface area contributed by atoms with Crippen LogP contribution in [0.5, 0.6) is 0 Å². The van der Waals surface area contributed by atoms with Crippen LogP contribution in [0.4, 0.5) is 0 Å². The van der Waals surface area contributed by atoms with Crippen molar-refractivity contribution in [3.63, 3.8) is 0 Å². The van der Waals surface area contributed by atoms with Gasteiger partial charge in [-0.05, 0) is 0 Å². The van der Waals surface area contributed by atoms with Gasteiger partial charge < -0.3 is 9.47 Å². The average Bonchev–Trinajstić information content (AvgIpc) is 1.82. The average molecular weight is 114 g/mol. The first-order chi connectivity index (χ1) is 3.60. The first-order valence-electron chi connectivity index (χ1n) is 2.61. The second kappa shape index (κ2) is 1.49. The highest BCUT2D eigenvalue weighted by molar-refractivity contribution is 4.89. The third kappa shape index (κ3) is 1.01. The Kier molecular flexibility index (Phi) is 1.05. The fourth-order valence-corrected chi connectivity index (χ4v) is 0.661. The molecule has 1 aliphatic heterocycles. The largest absolute Gasteiger partial charge is 0.465 e. The molecule has 1 aliphatic rings. The number of hydrogen-bond acceptors (Lipinski definition) is 2. The molecule has 0 aromatic carbocycles. The molecule has 0 aliphatic carbocycles. The molecule has 0 saturated carbocycles. The van der Waals surface area contributed by atoms with Gasteiger partial charge in [0, 0.05) is 13.8 Å². The van der Waals surface area contributed by atoms with Gasteiger partial charge >= 0.3 is 0 Å². The van der Waals surface area contributed by atoms with Crippen molar-refractivity contribution in [2.75, 3.05) is 6.61 Å². The molecule has 0 amide bonds. The van der Waals surface area contributed by atoms with Crippen molar-refractivity contribution in [1.82, 2.24) is 0 Å². The Labute approximate surface area is 49.1 Å². The SMILES string of the molecule is C=C1COC(C)(C)O1. The van der Waals surface area contributed by atoms with Gasteiger partial charge in [0.2, 0.25) is 5.79 Å². The maximum absolute atomic E-state index is 5.13. The maximum atomic E-state index is 5.13. The van der Waals surface area contributed by atoms with E-state index in [9.17, 15) is 0 Å². The van der Waals surface area contributed by atoms with Crippen LogP contribution in [0.15, 0.2) is 12.3 Å². The lowest BCUT2D eigenvalue weighted by Gasteiger charge is -2.14. The fraction of sp³-hybridized carbons (Fsp3) is 0.667. The summed E-state index contributed by atoms with van der Waals surface area (Å²) in [6.45, 7) is 7.87. The Bertz CT molecular complexity index is 116. The Morgan fingerprint density at radius 1 is 1.62 bits per heavy atom. The summed E-state index contributed by atoms with van der Waals surface area (Å²) < 4.78 is 10.3. The summed E-state index contributed by atoms with van der Waals surface area (Å²) in [5, 5.41) is 0. The monoisotopic (exact) mass is 114 g/mol. The molecule has 2 heteroatoms. The van der Waals surface area contributed by atoms with Gasteiger partial charge in [-0.15, -0.1) is 0 Å². The van der Waals surface area contributed by atoms with E-state index >= 15 is 0 Å². The van der Waals surface area contributed by atoms with E-state index in [0.29, 0.717) is 6.61 Å². The van der Waals surface area contributed by atoms with Gasteiger partial charge in [0.1, 0.15) is 12.4 Å². The van der Waals surface area contributed by atoms with Crippen LogP contribution >= 0.6 is 0 Å². The Morgan fingerprint density at radius 3 is 2.38 bits per heavy atom. The van der Waals surface area contributed by atoms with Crippen LogP contribution in [0.1, 0.15) is 13.8 Å². The molecule has 46 valence electrons. The van der Waals surface area contributed by atoms with Crippen LogP contribution in [0.25, 0.3) is 0 Å². The van der Waals surface area contributed by atoms with E-state index in [1.165, 1.54) is 0 Å². The highest BCUT2D eigenvalue weighted by Gasteiger charge is 2.27. The molecule has 0 unspecified atom stereocenters. The van der Waals surface area contributed by atoms with Gasteiger partial charge in [0.25, 0.3) is 0 Å². The summed E-state index contributed by atoms with van der Waals surface area (Å²) >= 11 is 0. The lowest BCUT2D eigenvalue weighted by atomic mass is 10.4. The standard InChI is InChI=1S/C6H10O2/c1-5-4-7-6(2,3)8-5/h1,4H2,2-3H3. The highest BCUT2D eigenvalue weighted by Crippen LogP contribution is 2.22. The van der Waals surface area contributed by atoms with Crippen LogP contribution in [0, 0.1) is 0 Å². The van der Waals surface area contributed by atoms with Crippen LogP contribution in [0.3, 0.4) is 0 Å². The Hall–Kier alpha value is -0.500. The summed E-state index contributed by atoms with van der Waals surface area (Å²) in [4.78, 5) is 0. The van der Waals surface area contributed by atoms with Gasteiger partial charge in [0.05, 0.1) is 0 Å². The van der Waals surface area contributed by atoms with Crippen LogP contribution in [-0.4, -0.2) is 12.4 Å². The maximum Gasteiger partial charge on any atom is 0.204 e. The van der Waals surface area contributed by atoms with Gasteiger partial charge in [0.15, 0.2) is 0 Å².